The van der Waals surface area contributed by atoms with Crippen LogP contribution in [0.4, 0.5) is 8.78 Å². The Hall–Kier alpha value is -5.14. The molecule has 44 heavy (non-hydrogen) atoms. The number of halogens is 2. The van der Waals surface area contributed by atoms with Gasteiger partial charge in [0, 0.05) is 29.0 Å². The van der Waals surface area contributed by atoms with Crippen LogP contribution in [0.15, 0.2) is 72.8 Å². The van der Waals surface area contributed by atoms with Gasteiger partial charge >= 0.3 is 5.97 Å². The Morgan fingerprint density at radius 1 is 1.07 bits per heavy atom. The van der Waals surface area contributed by atoms with Crippen LogP contribution in [0.25, 0.3) is 22.3 Å². The summed E-state index contributed by atoms with van der Waals surface area (Å²) in [6, 6.07) is 20.7. The molecule has 3 aromatic carbocycles. The molecule has 5 aromatic rings. The highest BCUT2D eigenvalue weighted by atomic mass is 19.1. The number of ether oxygens (including phenoxy) is 2. The van der Waals surface area contributed by atoms with Gasteiger partial charge in [-0.3, -0.25) is 0 Å². The summed E-state index contributed by atoms with van der Waals surface area (Å²) < 4.78 is 43.4. The van der Waals surface area contributed by atoms with Gasteiger partial charge in [0.05, 0.1) is 53.2 Å². The van der Waals surface area contributed by atoms with E-state index in [1.54, 1.807) is 42.5 Å². The third-order valence-corrected chi connectivity index (χ3v) is 7.95. The first-order chi connectivity index (χ1) is 21.1. The second-order valence-electron chi connectivity index (χ2n) is 11.5. The summed E-state index contributed by atoms with van der Waals surface area (Å²) in [6.45, 7) is 5.06. The lowest BCUT2D eigenvalue weighted by atomic mass is 9.87. The zero-order valence-corrected chi connectivity index (χ0v) is 24.1. The predicted molar refractivity (Wildman–Crippen MR) is 158 cm³/mol. The van der Waals surface area contributed by atoms with Crippen molar-refractivity contribution in [2.24, 2.45) is 5.41 Å². The fourth-order valence-corrected chi connectivity index (χ4v) is 5.49. The second-order valence-corrected chi connectivity index (χ2v) is 11.5. The Labute approximate surface area is 252 Å². The summed E-state index contributed by atoms with van der Waals surface area (Å²) >= 11 is 0. The van der Waals surface area contributed by atoms with E-state index < -0.39 is 17.6 Å². The van der Waals surface area contributed by atoms with E-state index in [-0.39, 0.29) is 47.1 Å². The maximum atomic E-state index is 15.6. The number of hydrogen-bond acceptors (Lipinski definition) is 6. The van der Waals surface area contributed by atoms with E-state index in [9.17, 15) is 14.3 Å². The lowest BCUT2D eigenvalue weighted by molar-refractivity contribution is 0.0697. The molecule has 1 atom stereocenters. The van der Waals surface area contributed by atoms with Crippen molar-refractivity contribution >= 4 is 17.0 Å². The topological polar surface area (TPSA) is 110 Å². The zero-order chi connectivity index (χ0) is 31.0. The first-order valence-corrected chi connectivity index (χ1v) is 14.0. The summed E-state index contributed by atoms with van der Waals surface area (Å²) in [7, 11) is 0. The highest BCUT2D eigenvalue weighted by Gasteiger charge is 2.39. The molecule has 0 amide bonds. The molecular formula is C34H28F2N4O4. The number of aromatic nitrogens is 3. The van der Waals surface area contributed by atoms with Crippen molar-refractivity contribution < 1.29 is 28.2 Å². The summed E-state index contributed by atoms with van der Waals surface area (Å²) in [5.41, 5.74) is 3.14. The summed E-state index contributed by atoms with van der Waals surface area (Å²) in [5.74, 6) is -1.16. The Bertz CT molecular complexity index is 1950. The van der Waals surface area contributed by atoms with Gasteiger partial charge < -0.3 is 19.1 Å². The quantitative estimate of drug-likeness (QED) is 0.213. The Kier molecular flexibility index (Phi) is 7.57. The highest BCUT2D eigenvalue weighted by Crippen LogP contribution is 2.40. The molecule has 0 bridgehead atoms. The number of rotatable bonds is 8. The maximum absolute atomic E-state index is 15.6. The molecule has 0 radical (unpaired) electrons. The molecule has 1 aliphatic heterocycles. The van der Waals surface area contributed by atoms with Crippen molar-refractivity contribution in [3.8, 4) is 23.2 Å². The van der Waals surface area contributed by atoms with Gasteiger partial charge in [0.1, 0.15) is 24.1 Å². The molecule has 8 nitrogen and oxygen atoms in total. The predicted octanol–water partition coefficient (Wildman–Crippen LogP) is 6.71. The molecule has 1 fully saturated rings. The molecule has 0 unspecified atom stereocenters. The minimum atomic E-state index is -1.03. The minimum absolute atomic E-state index is 0.0842. The van der Waals surface area contributed by atoms with E-state index in [2.05, 4.69) is 18.8 Å². The number of hydrogen-bond donors (Lipinski definition) is 1. The average molecular weight is 595 g/mol. The van der Waals surface area contributed by atoms with E-state index in [0.29, 0.717) is 46.9 Å². The lowest BCUT2D eigenvalue weighted by Crippen LogP contribution is -2.27. The van der Waals surface area contributed by atoms with Gasteiger partial charge in [0.15, 0.2) is 0 Å². The van der Waals surface area contributed by atoms with Crippen LogP contribution in [0.5, 0.6) is 5.88 Å². The molecule has 0 spiro atoms. The van der Waals surface area contributed by atoms with Crippen LogP contribution in [0, 0.1) is 28.4 Å². The summed E-state index contributed by atoms with van der Waals surface area (Å²) in [6.07, 6.45) is 0.183. The van der Waals surface area contributed by atoms with Crippen LogP contribution in [0.3, 0.4) is 0 Å². The van der Waals surface area contributed by atoms with Crippen LogP contribution in [0.1, 0.15) is 52.8 Å². The largest absolute Gasteiger partial charge is 0.478 e. The normalized spacial score (nSPS) is 15.8. The average Bonchev–Trinajstić information content (AvgIpc) is 3.54. The number of carboxylic acids is 1. The van der Waals surface area contributed by atoms with E-state index in [1.807, 2.05) is 10.6 Å². The van der Waals surface area contributed by atoms with Crippen LogP contribution < -0.4 is 4.74 Å². The van der Waals surface area contributed by atoms with Crippen LogP contribution in [-0.2, 0) is 17.8 Å². The Morgan fingerprint density at radius 3 is 2.57 bits per heavy atom. The van der Waals surface area contributed by atoms with E-state index in [0.717, 1.165) is 6.07 Å². The molecule has 6 rings (SSSR count). The molecule has 0 saturated carbocycles. The highest BCUT2D eigenvalue weighted by molar-refractivity contribution is 5.92. The van der Waals surface area contributed by atoms with Crippen LogP contribution >= 0.6 is 0 Å². The van der Waals surface area contributed by atoms with Gasteiger partial charge in [0.25, 0.3) is 0 Å². The number of benzene rings is 3. The molecular weight excluding hydrogens is 566 g/mol. The van der Waals surface area contributed by atoms with Gasteiger partial charge in [0.2, 0.25) is 5.88 Å². The van der Waals surface area contributed by atoms with Crippen molar-refractivity contribution in [1.29, 1.82) is 5.26 Å². The number of carboxylic acid groups (broad SMARTS) is 1. The fraction of sp³-hybridized carbons (Fsp3) is 0.235. The zero-order valence-electron chi connectivity index (χ0n) is 24.1. The van der Waals surface area contributed by atoms with Gasteiger partial charge in [-0.2, -0.15) is 5.26 Å². The van der Waals surface area contributed by atoms with E-state index >= 15 is 4.39 Å². The van der Waals surface area contributed by atoms with E-state index in [4.69, 9.17) is 19.7 Å². The smallest absolute Gasteiger partial charge is 0.335 e. The molecule has 10 heteroatoms. The van der Waals surface area contributed by atoms with Crippen molar-refractivity contribution in [1.82, 2.24) is 14.5 Å². The van der Waals surface area contributed by atoms with Crippen molar-refractivity contribution in [2.45, 2.75) is 32.9 Å². The number of nitrogens with zero attached hydrogens (tertiary/aromatic N) is 4. The van der Waals surface area contributed by atoms with Crippen molar-refractivity contribution in [3.05, 3.63) is 113 Å². The number of fused-ring (bicyclic) bond motifs is 1. The summed E-state index contributed by atoms with van der Waals surface area (Å²) in [4.78, 5) is 21.0. The molecule has 0 aliphatic carbocycles. The third kappa shape index (κ3) is 5.62. The SMILES string of the molecule is CC1(C)COC[C@@H]1n1c(Cc2ccc(-c3cccc(OCc4ccc(C#N)cc4F)n3)cc2F)nc2ccc(C(=O)O)cc21. The van der Waals surface area contributed by atoms with Gasteiger partial charge in [-0.25, -0.2) is 23.5 Å². The Morgan fingerprint density at radius 2 is 1.86 bits per heavy atom. The number of imidazole rings is 1. The van der Waals surface area contributed by atoms with Crippen molar-refractivity contribution in [3.63, 3.8) is 0 Å². The van der Waals surface area contributed by atoms with Crippen LogP contribution in [-0.4, -0.2) is 38.8 Å². The number of carbonyl (C=O) groups is 1. The summed E-state index contributed by atoms with van der Waals surface area (Å²) in [5, 5.41) is 18.5. The maximum Gasteiger partial charge on any atom is 0.335 e. The molecule has 222 valence electrons. The standard InChI is InChI=1S/C34H28F2N4O4/c1-34(2)19-43-18-30(34)40-29-14-23(33(41)42)10-11-28(29)38-31(40)15-21-8-9-22(13-26(21)36)27-4-3-5-32(39-27)44-17-24-7-6-20(16-37)12-25(24)35/h3-14,30H,15,17-19H2,1-2H3,(H,41,42)/t30-/m0/s1. The minimum Gasteiger partial charge on any atom is -0.478 e. The Balaban J connectivity index is 1.27. The van der Waals surface area contributed by atoms with Crippen molar-refractivity contribution in [2.75, 3.05) is 13.2 Å². The number of nitriles is 1. The number of aromatic carboxylic acids is 1. The fourth-order valence-electron chi connectivity index (χ4n) is 5.49. The third-order valence-electron chi connectivity index (χ3n) is 7.95. The first kappa shape index (κ1) is 29.0. The van der Waals surface area contributed by atoms with Crippen LogP contribution in [0.2, 0.25) is 0 Å². The van der Waals surface area contributed by atoms with E-state index in [1.165, 1.54) is 24.3 Å². The molecule has 1 saturated heterocycles. The molecule has 3 heterocycles. The molecule has 1 N–H and O–H groups in total. The van der Waals surface area contributed by atoms with Gasteiger partial charge in [-0.15, -0.1) is 0 Å². The lowest BCUT2D eigenvalue weighted by Gasteiger charge is -2.28. The second kappa shape index (κ2) is 11.5. The first-order valence-electron chi connectivity index (χ1n) is 14.0. The monoisotopic (exact) mass is 594 g/mol. The van der Waals surface area contributed by atoms with Gasteiger partial charge in [-0.1, -0.05) is 38.1 Å². The molecule has 2 aromatic heterocycles. The van der Waals surface area contributed by atoms with Gasteiger partial charge in [-0.05, 0) is 48.0 Å². The molecule has 1 aliphatic rings. The number of pyridine rings is 1.